The lowest BCUT2D eigenvalue weighted by Crippen LogP contribution is -2.62. The van der Waals surface area contributed by atoms with Crippen molar-refractivity contribution in [2.75, 3.05) is 0 Å². The van der Waals surface area contributed by atoms with Gasteiger partial charge < -0.3 is 10.2 Å². The van der Waals surface area contributed by atoms with Crippen molar-refractivity contribution in [1.29, 1.82) is 0 Å². The second-order valence-electron chi connectivity index (χ2n) is 8.62. The van der Waals surface area contributed by atoms with E-state index in [2.05, 4.69) is 20.8 Å². The molecule has 0 heterocycles. The third kappa shape index (κ3) is 3.88. The Morgan fingerprint density at radius 2 is 1.56 bits per heavy atom. The fourth-order valence-electron chi connectivity index (χ4n) is 5.66. The lowest BCUT2D eigenvalue weighted by atomic mass is 9.44. The van der Waals surface area contributed by atoms with Gasteiger partial charge in [-0.15, -0.1) is 0 Å². The van der Waals surface area contributed by atoms with Crippen LogP contribution in [0.25, 0.3) is 0 Å². The Bertz CT molecular complexity index is 441. The van der Waals surface area contributed by atoms with E-state index in [0.717, 1.165) is 32.1 Å². The molecule has 1 fully saturated rings. The predicted octanol–water partition coefficient (Wildman–Crippen LogP) is 5.60. The van der Waals surface area contributed by atoms with Crippen LogP contribution in [0.2, 0.25) is 0 Å². The van der Waals surface area contributed by atoms with Crippen molar-refractivity contribution in [3.05, 3.63) is 0 Å². The van der Waals surface area contributed by atoms with Crippen molar-refractivity contribution in [1.82, 2.24) is 0 Å². The first-order chi connectivity index (χ1) is 11.7. The van der Waals surface area contributed by atoms with Crippen LogP contribution in [0.5, 0.6) is 0 Å². The Hall–Kier alpha value is -1.06. The van der Waals surface area contributed by atoms with Gasteiger partial charge in [0.15, 0.2) is 5.41 Å². The second kappa shape index (κ2) is 9.05. The highest BCUT2D eigenvalue weighted by Gasteiger charge is 2.67. The maximum atomic E-state index is 12.4. The van der Waals surface area contributed by atoms with Crippen LogP contribution in [0.4, 0.5) is 0 Å². The Balaban J connectivity index is 3.35. The maximum Gasteiger partial charge on any atom is 0.321 e. The molecular formula is C21H38O4. The zero-order valence-corrected chi connectivity index (χ0v) is 16.8. The molecule has 2 N–H and O–H groups in total. The predicted molar refractivity (Wildman–Crippen MR) is 101 cm³/mol. The number of carbonyl (C=O) groups is 2. The molecule has 0 aromatic heterocycles. The molecule has 0 radical (unpaired) electrons. The second-order valence-corrected chi connectivity index (χ2v) is 8.62. The van der Waals surface area contributed by atoms with Crippen LogP contribution in [0.15, 0.2) is 0 Å². The molecule has 146 valence electrons. The molecule has 4 heteroatoms. The number of carboxylic acids is 2. The van der Waals surface area contributed by atoms with Crippen LogP contribution in [-0.4, -0.2) is 22.2 Å². The van der Waals surface area contributed by atoms with Crippen molar-refractivity contribution in [3.8, 4) is 0 Å². The quantitative estimate of drug-likeness (QED) is 0.395. The van der Waals surface area contributed by atoms with Gasteiger partial charge >= 0.3 is 11.9 Å². The summed E-state index contributed by atoms with van der Waals surface area (Å²) in [7, 11) is 0. The van der Waals surface area contributed by atoms with Crippen molar-refractivity contribution in [2.45, 2.75) is 92.4 Å². The number of unbranched alkanes of at least 4 members (excludes halogenated alkanes) is 4. The normalized spacial score (nSPS) is 26.1. The summed E-state index contributed by atoms with van der Waals surface area (Å²) in [6, 6.07) is 0. The molecule has 1 aliphatic carbocycles. The molecule has 1 saturated carbocycles. The number of aliphatic carboxylic acids is 2. The van der Waals surface area contributed by atoms with Gasteiger partial charge in [-0.25, -0.2) is 0 Å². The minimum Gasteiger partial charge on any atom is -0.480 e. The zero-order valence-electron chi connectivity index (χ0n) is 16.8. The third-order valence-corrected chi connectivity index (χ3v) is 6.78. The molecule has 0 amide bonds. The van der Waals surface area contributed by atoms with Gasteiger partial charge in [0.05, 0.1) is 0 Å². The molecule has 0 spiro atoms. The highest BCUT2D eigenvalue weighted by Crippen LogP contribution is 2.62. The monoisotopic (exact) mass is 354 g/mol. The molecule has 1 aliphatic rings. The van der Waals surface area contributed by atoms with E-state index in [9.17, 15) is 19.8 Å². The fourth-order valence-corrected chi connectivity index (χ4v) is 5.66. The van der Waals surface area contributed by atoms with E-state index in [1.807, 2.05) is 13.8 Å². The summed E-state index contributed by atoms with van der Waals surface area (Å²) in [5, 5.41) is 20.2. The average Bonchev–Trinajstić information content (AvgIpc) is 2.53. The maximum absolute atomic E-state index is 12.4. The van der Waals surface area contributed by atoms with Crippen LogP contribution in [0.1, 0.15) is 92.4 Å². The van der Waals surface area contributed by atoms with E-state index in [0.29, 0.717) is 12.8 Å². The Kier molecular flexibility index (Phi) is 7.95. The van der Waals surface area contributed by atoms with Gasteiger partial charge in [0, 0.05) is 5.41 Å². The van der Waals surface area contributed by atoms with Crippen LogP contribution >= 0.6 is 0 Å². The number of rotatable bonds is 10. The summed E-state index contributed by atoms with van der Waals surface area (Å²) in [6.07, 6.45) is 8.06. The Morgan fingerprint density at radius 3 is 2.00 bits per heavy atom. The first-order valence-electron chi connectivity index (χ1n) is 10.1. The molecule has 2 unspecified atom stereocenters. The van der Waals surface area contributed by atoms with E-state index in [1.165, 1.54) is 6.42 Å². The van der Waals surface area contributed by atoms with E-state index >= 15 is 0 Å². The van der Waals surface area contributed by atoms with E-state index < -0.39 is 22.8 Å². The third-order valence-electron chi connectivity index (χ3n) is 6.78. The highest BCUT2D eigenvalue weighted by molar-refractivity contribution is 5.99. The highest BCUT2D eigenvalue weighted by atomic mass is 16.4. The van der Waals surface area contributed by atoms with Crippen molar-refractivity contribution < 1.29 is 19.8 Å². The Labute approximate surface area is 153 Å². The zero-order chi connectivity index (χ0) is 19.3. The lowest BCUT2D eigenvalue weighted by Gasteiger charge is -2.57. The molecule has 1 rings (SSSR count). The first kappa shape index (κ1) is 22.0. The molecule has 4 nitrogen and oxygen atoms in total. The van der Waals surface area contributed by atoms with Crippen LogP contribution in [0.3, 0.4) is 0 Å². The number of hydrogen-bond donors (Lipinski definition) is 2. The van der Waals surface area contributed by atoms with Gasteiger partial charge in [0.25, 0.3) is 0 Å². The smallest absolute Gasteiger partial charge is 0.321 e. The molecular weight excluding hydrogens is 316 g/mol. The summed E-state index contributed by atoms with van der Waals surface area (Å²) in [5.41, 5.74) is -2.33. The largest absolute Gasteiger partial charge is 0.480 e. The molecule has 2 atom stereocenters. The van der Waals surface area contributed by atoms with Crippen molar-refractivity contribution >= 4 is 11.9 Å². The minimum absolute atomic E-state index is 0.0265. The minimum atomic E-state index is -1.65. The summed E-state index contributed by atoms with van der Waals surface area (Å²) in [6.45, 7) is 10.5. The van der Waals surface area contributed by atoms with E-state index in [-0.39, 0.29) is 24.2 Å². The summed E-state index contributed by atoms with van der Waals surface area (Å²) < 4.78 is 0. The average molecular weight is 355 g/mol. The van der Waals surface area contributed by atoms with Gasteiger partial charge in [-0.05, 0) is 37.0 Å². The SMILES string of the molecule is CCCCCCCC1(C(C)C)C(C(C)C)CCCC1(C(=O)O)C(=O)O. The van der Waals surface area contributed by atoms with E-state index in [1.54, 1.807) is 0 Å². The summed E-state index contributed by atoms with van der Waals surface area (Å²) in [5.74, 6) is -1.81. The number of hydrogen-bond acceptors (Lipinski definition) is 2. The molecule has 25 heavy (non-hydrogen) atoms. The van der Waals surface area contributed by atoms with Gasteiger partial charge in [-0.2, -0.15) is 0 Å². The molecule has 0 bridgehead atoms. The lowest BCUT2D eigenvalue weighted by molar-refractivity contribution is -0.197. The standard InChI is InChI=1S/C21H38O4/c1-6-7-8-9-10-13-20(16(4)5)17(15(2)3)12-11-14-21(20,18(22)23)19(24)25/h15-17H,6-14H2,1-5H3,(H,22,23)(H,24,25). The van der Waals surface area contributed by atoms with Crippen LogP contribution in [-0.2, 0) is 9.59 Å². The van der Waals surface area contributed by atoms with Gasteiger partial charge in [0.2, 0.25) is 0 Å². The van der Waals surface area contributed by atoms with Crippen molar-refractivity contribution in [3.63, 3.8) is 0 Å². The van der Waals surface area contributed by atoms with Gasteiger partial charge in [-0.3, -0.25) is 9.59 Å². The van der Waals surface area contributed by atoms with Gasteiger partial charge in [0.1, 0.15) is 0 Å². The van der Waals surface area contributed by atoms with Crippen LogP contribution in [0, 0.1) is 28.6 Å². The molecule has 0 aliphatic heterocycles. The summed E-state index contributed by atoms with van der Waals surface area (Å²) >= 11 is 0. The first-order valence-corrected chi connectivity index (χ1v) is 10.1. The van der Waals surface area contributed by atoms with E-state index in [4.69, 9.17) is 0 Å². The summed E-state index contributed by atoms with van der Waals surface area (Å²) in [4.78, 5) is 24.7. The van der Waals surface area contributed by atoms with Crippen molar-refractivity contribution in [2.24, 2.45) is 28.6 Å². The van der Waals surface area contributed by atoms with Crippen LogP contribution < -0.4 is 0 Å². The van der Waals surface area contributed by atoms with Gasteiger partial charge in [-0.1, -0.05) is 73.1 Å². The topological polar surface area (TPSA) is 74.6 Å². The molecule has 0 aromatic carbocycles. The number of carboxylic acid groups (broad SMARTS) is 2. The fraction of sp³-hybridized carbons (Fsp3) is 0.905. The Morgan fingerprint density at radius 1 is 1.00 bits per heavy atom. The molecule has 0 aromatic rings. The molecule has 0 saturated heterocycles.